The molecule has 156 valence electrons. The Balaban J connectivity index is 0.000000172. The number of nitrogen functional groups attached to an aromatic ring is 1. The second kappa shape index (κ2) is 9.84. The first-order valence-electron chi connectivity index (χ1n) is 10.00. The lowest BCUT2D eigenvalue weighted by molar-refractivity contribution is 0.166. The van der Waals surface area contributed by atoms with E-state index < -0.39 is 6.10 Å². The van der Waals surface area contributed by atoms with Gasteiger partial charge in [0.15, 0.2) is 5.82 Å². The molecule has 0 fully saturated rings. The van der Waals surface area contributed by atoms with Gasteiger partial charge in [0.05, 0.1) is 24.0 Å². The van der Waals surface area contributed by atoms with Crippen molar-refractivity contribution in [1.29, 1.82) is 0 Å². The summed E-state index contributed by atoms with van der Waals surface area (Å²) in [7, 11) is 0. The van der Waals surface area contributed by atoms with Crippen molar-refractivity contribution < 1.29 is 5.11 Å². The summed E-state index contributed by atoms with van der Waals surface area (Å²) in [5.74, 6) is 0.426. The quantitative estimate of drug-likeness (QED) is 0.524. The highest BCUT2D eigenvalue weighted by molar-refractivity contribution is 5.65. The fraction of sp³-hybridized carbons (Fsp3) is 0.261. The van der Waals surface area contributed by atoms with Crippen molar-refractivity contribution in [3.8, 4) is 0 Å². The van der Waals surface area contributed by atoms with Crippen LogP contribution < -0.4 is 5.73 Å². The molecule has 7 heteroatoms. The van der Waals surface area contributed by atoms with Gasteiger partial charge in [0.25, 0.3) is 0 Å². The van der Waals surface area contributed by atoms with E-state index in [1.807, 2.05) is 48.9 Å². The second-order valence-corrected chi connectivity index (χ2v) is 7.01. The van der Waals surface area contributed by atoms with E-state index in [2.05, 4.69) is 52.6 Å². The van der Waals surface area contributed by atoms with Crippen LogP contribution in [0.1, 0.15) is 48.9 Å². The number of aromatic nitrogens is 5. The first-order valence-corrected chi connectivity index (χ1v) is 10.00. The Morgan fingerprint density at radius 2 is 1.93 bits per heavy atom. The summed E-state index contributed by atoms with van der Waals surface area (Å²) >= 11 is 0. The Kier molecular flexibility index (Phi) is 6.98. The molecule has 0 aliphatic heterocycles. The zero-order valence-corrected chi connectivity index (χ0v) is 17.6. The van der Waals surface area contributed by atoms with Gasteiger partial charge in [-0.2, -0.15) is 10.2 Å². The molecule has 0 bridgehead atoms. The number of aliphatic hydroxyl groups is 1. The first-order chi connectivity index (χ1) is 14.5. The zero-order chi connectivity index (χ0) is 21.5. The van der Waals surface area contributed by atoms with Crippen LogP contribution in [0.5, 0.6) is 0 Å². The van der Waals surface area contributed by atoms with Gasteiger partial charge in [0.2, 0.25) is 0 Å². The normalized spacial score (nSPS) is 12.1. The van der Waals surface area contributed by atoms with Crippen molar-refractivity contribution in [2.75, 3.05) is 5.73 Å². The van der Waals surface area contributed by atoms with E-state index in [0.717, 1.165) is 23.4 Å². The van der Waals surface area contributed by atoms with Crippen molar-refractivity contribution in [2.45, 2.75) is 39.8 Å². The molecule has 1 aromatic carbocycles. The third-order valence-corrected chi connectivity index (χ3v) is 4.73. The number of hydrogen-bond acceptors (Lipinski definition) is 5. The molecule has 1 unspecified atom stereocenters. The lowest BCUT2D eigenvalue weighted by atomic mass is 10.2. The van der Waals surface area contributed by atoms with Crippen LogP contribution in [0.2, 0.25) is 0 Å². The number of fused-ring (bicyclic) bond motifs is 1. The van der Waals surface area contributed by atoms with Crippen LogP contribution in [0.4, 0.5) is 5.82 Å². The molecule has 3 N–H and O–H groups in total. The van der Waals surface area contributed by atoms with Crippen molar-refractivity contribution in [2.24, 2.45) is 0 Å². The van der Waals surface area contributed by atoms with E-state index in [1.165, 1.54) is 17.5 Å². The molecule has 1 atom stereocenters. The Hall–Kier alpha value is -3.45. The summed E-state index contributed by atoms with van der Waals surface area (Å²) in [6, 6.07) is 14.0. The molecule has 30 heavy (non-hydrogen) atoms. The highest BCUT2D eigenvalue weighted by Crippen LogP contribution is 2.20. The molecule has 0 saturated heterocycles. The highest BCUT2D eigenvalue weighted by Gasteiger charge is 2.12. The van der Waals surface area contributed by atoms with Crippen LogP contribution in [0.15, 0.2) is 61.1 Å². The van der Waals surface area contributed by atoms with Crippen LogP contribution in [0, 0.1) is 6.92 Å². The topological polar surface area (TPSA) is 94.3 Å². The Bertz CT molecular complexity index is 1110. The van der Waals surface area contributed by atoms with Gasteiger partial charge >= 0.3 is 0 Å². The fourth-order valence-corrected chi connectivity index (χ4v) is 3.14. The molecule has 0 radical (unpaired) electrons. The molecule has 0 aliphatic rings. The van der Waals surface area contributed by atoms with E-state index in [4.69, 9.17) is 5.73 Å². The number of allylic oxidation sites excluding steroid dienone is 1. The van der Waals surface area contributed by atoms with Gasteiger partial charge in [-0.1, -0.05) is 43.3 Å². The summed E-state index contributed by atoms with van der Waals surface area (Å²) in [5.41, 5.74) is 10.7. The van der Waals surface area contributed by atoms with Gasteiger partial charge < -0.3 is 10.8 Å². The van der Waals surface area contributed by atoms with Gasteiger partial charge in [-0.15, -0.1) is 0 Å². The maximum atomic E-state index is 9.69. The van der Waals surface area contributed by atoms with Gasteiger partial charge in [-0.3, -0.25) is 4.68 Å². The summed E-state index contributed by atoms with van der Waals surface area (Å²) in [5, 5.41) is 18.2. The molecule has 0 amide bonds. The third-order valence-electron chi connectivity index (χ3n) is 4.73. The number of rotatable bonds is 5. The second-order valence-electron chi connectivity index (χ2n) is 7.01. The van der Waals surface area contributed by atoms with Crippen molar-refractivity contribution in [3.63, 3.8) is 0 Å². The van der Waals surface area contributed by atoms with Crippen molar-refractivity contribution in [3.05, 3.63) is 83.6 Å². The summed E-state index contributed by atoms with van der Waals surface area (Å²) < 4.78 is 3.61. The van der Waals surface area contributed by atoms with Crippen LogP contribution in [-0.4, -0.2) is 29.5 Å². The molecule has 4 aromatic rings. The maximum Gasteiger partial charge on any atom is 0.151 e. The molecular weight excluding hydrogens is 376 g/mol. The largest absolute Gasteiger partial charge is 0.387 e. The molecule has 4 rings (SSSR count). The monoisotopic (exact) mass is 404 g/mol. The first kappa shape index (κ1) is 21.3. The number of anilines is 1. The van der Waals surface area contributed by atoms with Gasteiger partial charge in [0.1, 0.15) is 11.8 Å². The Morgan fingerprint density at radius 1 is 1.17 bits per heavy atom. The van der Waals surface area contributed by atoms with Crippen molar-refractivity contribution >= 4 is 17.4 Å². The van der Waals surface area contributed by atoms with Crippen LogP contribution in [0.3, 0.4) is 0 Å². The lowest BCUT2D eigenvalue weighted by Gasteiger charge is -2.07. The molecule has 0 saturated carbocycles. The number of hydrogen-bond donors (Lipinski definition) is 2. The summed E-state index contributed by atoms with van der Waals surface area (Å²) in [6.07, 6.45) is 7.66. The number of benzene rings is 1. The average molecular weight is 405 g/mol. The van der Waals surface area contributed by atoms with Crippen LogP contribution in [-0.2, 0) is 6.54 Å². The van der Waals surface area contributed by atoms with E-state index in [-0.39, 0.29) is 0 Å². The number of aliphatic hydroxyl groups excluding tert-OH is 1. The van der Waals surface area contributed by atoms with Gasteiger partial charge in [0, 0.05) is 6.20 Å². The molecule has 0 aliphatic carbocycles. The average Bonchev–Trinajstić information content (AvgIpc) is 3.33. The van der Waals surface area contributed by atoms with E-state index in [9.17, 15) is 5.11 Å². The Labute approximate surface area is 176 Å². The molecule has 3 heterocycles. The smallest absolute Gasteiger partial charge is 0.151 e. The summed E-state index contributed by atoms with van der Waals surface area (Å²) in [4.78, 5) is 3.87. The minimum atomic E-state index is -0.508. The third kappa shape index (κ3) is 4.93. The zero-order valence-electron chi connectivity index (χ0n) is 17.6. The minimum Gasteiger partial charge on any atom is -0.387 e. The molecule has 7 nitrogen and oxygen atoms in total. The molecular formula is C23H28N6O. The predicted molar refractivity (Wildman–Crippen MR) is 120 cm³/mol. The SMILES string of the molecule is C/C=C\c1nn(Cc2ccccc2)cc1C.CCC(O)c1ccc2c(N)ncnn12. The fourth-order valence-electron chi connectivity index (χ4n) is 3.14. The standard InChI is InChI=1S/C14H16N2.C9H12N4O/c1-3-7-14-12(2)10-16(15-14)11-13-8-5-4-6-9-13;1-2-8(14)6-3-4-7-9(10)11-5-12-13(6)7/h3-10H,11H2,1-2H3;3-5,8,14H,2H2,1H3,(H2,10,11,12)/b7-3-;. The lowest BCUT2D eigenvalue weighted by Crippen LogP contribution is -2.05. The maximum absolute atomic E-state index is 9.69. The highest BCUT2D eigenvalue weighted by atomic mass is 16.3. The van der Waals surface area contributed by atoms with E-state index >= 15 is 0 Å². The number of nitrogens with two attached hydrogens (primary N) is 1. The Morgan fingerprint density at radius 3 is 2.63 bits per heavy atom. The predicted octanol–water partition coefficient (Wildman–Crippen LogP) is 4.03. The van der Waals surface area contributed by atoms with Gasteiger partial charge in [-0.05, 0) is 49.6 Å². The number of nitrogens with zero attached hydrogens (tertiary/aromatic N) is 5. The molecule has 3 aromatic heterocycles. The molecule has 0 spiro atoms. The minimum absolute atomic E-state index is 0.426. The number of aryl methyl sites for hydroxylation is 1. The van der Waals surface area contributed by atoms with E-state index in [0.29, 0.717) is 12.2 Å². The van der Waals surface area contributed by atoms with Crippen LogP contribution in [0.25, 0.3) is 11.6 Å². The van der Waals surface area contributed by atoms with Crippen molar-refractivity contribution in [1.82, 2.24) is 24.4 Å². The van der Waals surface area contributed by atoms with Crippen LogP contribution >= 0.6 is 0 Å². The van der Waals surface area contributed by atoms with E-state index in [1.54, 1.807) is 4.52 Å². The summed E-state index contributed by atoms with van der Waals surface area (Å²) in [6.45, 7) is 6.84. The van der Waals surface area contributed by atoms with Gasteiger partial charge in [-0.25, -0.2) is 9.50 Å².